The molecule has 1 saturated heterocycles. The van der Waals surface area contributed by atoms with Gasteiger partial charge < -0.3 is 9.64 Å². The third kappa shape index (κ3) is 2.71. The SMILES string of the molecule is O=C1CCC(C(=O)N2CCO[C@H]3CCC[C@@H]32)=NN1c1ccccc1. The first-order valence-corrected chi connectivity index (χ1v) is 8.62. The van der Waals surface area contributed by atoms with Crippen LogP contribution in [0.2, 0.25) is 0 Å². The van der Waals surface area contributed by atoms with Crippen LogP contribution in [-0.4, -0.2) is 47.7 Å². The summed E-state index contributed by atoms with van der Waals surface area (Å²) in [5.74, 6) is -0.109. The van der Waals surface area contributed by atoms with Crippen LogP contribution < -0.4 is 5.01 Å². The van der Waals surface area contributed by atoms with E-state index in [-0.39, 0.29) is 24.0 Å². The highest BCUT2D eigenvalue weighted by atomic mass is 16.5. The molecule has 1 aliphatic carbocycles. The number of nitrogens with zero attached hydrogens (tertiary/aromatic N) is 3. The van der Waals surface area contributed by atoms with Gasteiger partial charge in [0, 0.05) is 19.4 Å². The minimum Gasteiger partial charge on any atom is -0.374 e. The van der Waals surface area contributed by atoms with Crippen molar-refractivity contribution in [1.82, 2.24) is 4.90 Å². The summed E-state index contributed by atoms with van der Waals surface area (Å²) in [4.78, 5) is 27.1. The van der Waals surface area contributed by atoms with Gasteiger partial charge >= 0.3 is 0 Å². The van der Waals surface area contributed by atoms with E-state index in [1.165, 1.54) is 5.01 Å². The molecule has 4 rings (SSSR count). The van der Waals surface area contributed by atoms with E-state index in [0.717, 1.165) is 19.3 Å². The summed E-state index contributed by atoms with van der Waals surface area (Å²) < 4.78 is 5.78. The van der Waals surface area contributed by atoms with E-state index in [1.807, 2.05) is 35.2 Å². The van der Waals surface area contributed by atoms with Crippen molar-refractivity contribution < 1.29 is 14.3 Å². The number of hydrogen-bond acceptors (Lipinski definition) is 4. The number of morpholine rings is 1. The smallest absolute Gasteiger partial charge is 0.270 e. The van der Waals surface area contributed by atoms with Gasteiger partial charge in [-0.15, -0.1) is 0 Å². The van der Waals surface area contributed by atoms with Crippen molar-refractivity contribution in [2.45, 2.75) is 44.2 Å². The molecule has 2 heterocycles. The van der Waals surface area contributed by atoms with Crippen LogP contribution in [0, 0.1) is 0 Å². The molecule has 6 heteroatoms. The molecule has 1 aromatic rings. The molecule has 126 valence electrons. The van der Waals surface area contributed by atoms with Crippen molar-refractivity contribution in [2.24, 2.45) is 5.10 Å². The molecule has 24 heavy (non-hydrogen) atoms. The molecule has 0 radical (unpaired) electrons. The number of benzene rings is 1. The number of hydrogen-bond donors (Lipinski definition) is 0. The van der Waals surface area contributed by atoms with Crippen LogP contribution in [0.5, 0.6) is 0 Å². The average Bonchev–Trinajstić information content (AvgIpc) is 3.11. The zero-order valence-corrected chi connectivity index (χ0v) is 13.6. The molecule has 1 saturated carbocycles. The summed E-state index contributed by atoms with van der Waals surface area (Å²) >= 11 is 0. The lowest BCUT2D eigenvalue weighted by molar-refractivity contribution is -0.136. The highest BCUT2D eigenvalue weighted by molar-refractivity contribution is 6.40. The monoisotopic (exact) mass is 327 g/mol. The van der Waals surface area contributed by atoms with Gasteiger partial charge in [-0.25, -0.2) is 5.01 Å². The van der Waals surface area contributed by atoms with Gasteiger partial charge in [-0.2, -0.15) is 5.10 Å². The topological polar surface area (TPSA) is 62.2 Å². The number of carbonyl (C=O) groups excluding carboxylic acids is 2. The Labute approximate surface area is 141 Å². The molecule has 2 amide bonds. The van der Waals surface area contributed by atoms with E-state index in [2.05, 4.69) is 5.10 Å². The van der Waals surface area contributed by atoms with Gasteiger partial charge in [0.1, 0.15) is 5.71 Å². The lowest BCUT2D eigenvalue weighted by atomic mass is 10.1. The molecular weight excluding hydrogens is 306 g/mol. The predicted molar refractivity (Wildman–Crippen MR) is 89.7 cm³/mol. The van der Waals surface area contributed by atoms with Crippen molar-refractivity contribution in [2.75, 3.05) is 18.2 Å². The number of amides is 2. The van der Waals surface area contributed by atoms with E-state index in [4.69, 9.17) is 4.74 Å². The Balaban J connectivity index is 1.58. The largest absolute Gasteiger partial charge is 0.374 e. The Kier molecular flexibility index (Phi) is 4.06. The zero-order valence-electron chi connectivity index (χ0n) is 13.6. The number of anilines is 1. The average molecular weight is 327 g/mol. The summed E-state index contributed by atoms with van der Waals surface area (Å²) in [6.07, 6.45) is 4.01. The Morgan fingerprint density at radius 2 is 2.00 bits per heavy atom. The van der Waals surface area contributed by atoms with E-state index in [1.54, 1.807) is 0 Å². The van der Waals surface area contributed by atoms with Gasteiger partial charge in [0.05, 0.1) is 24.4 Å². The number of rotatable bonds is 2. The highest BCUT2D eigenvalue weighted by Gasteiger charge is 2.40. The lowest BCUT2D eigenvalue weighted by Crippen LogP contribution is -2.54. The van der Waals surface area contributed by atoms with Crippen molar-refractivity contribution >= 4 is 23.2 Å². The minimum atomic E-state index is -0.0709. The standard InChI is InChI=1S/C18H21N3O3/c22-17-10-9-14(19-21(17)13-5-2-1-3-6-13)18(23)20-11-12-24-16-8-4-7-15(16)20/h1-3,5-6,15-16H,4,7-12H2/t15-,16-/m0/s1. The Morgan fingerprint density at radius 1 is 1.17 bits per heavy atom. The molecule has 0 aromatic heterocycles. The third-order valence-electron chi connectivity index (χ3n) is 5.02. The molecule has 0 N–H and O–H groups in total. The van der Waals surface area contributed by atoms with E-state index in [9.17, 15) is 9.59 Å². The second-order valence-corrected chi connectivity index (χ2v) is 6.49. The van der Waals surface area contributed by atoms with Crippen LogP contribution in [0.25, 0.3) is 0 Å². The number of carbonyl (C=O) groups is 2. The summed E-state index contributed by atoms with van der Waals surface area (Å²) in [5, 5.41) is 5.76. The fraction of sp³-hybridized carbons (Fsp3) is 0.500. The van der Waals surface area contributed by atoms with Crippen LogP contribution in [0.4, 0.5) is 5.69 Å². The number of para-hydroxylation sites is 1. The minimum absolute atomic E-state index is 0.0383. The van der Waals surface area contributed by atoms with Crippen LogP contribution in [0.1, 0.15) is 32.1 Å². The lowest BCUT2D eigenvalue weighted by Gasteiger charge is -2.38. The first-order chi connectivity index (χ1) is 11.7. The molecule has 0 unspecified atom stereocenters. The van der Waals surface area contributed by atoms with Gasteiger partial charge in [0.2, 0.25) is 5.91 Å². The maximum atomic E-state index is 13.0. The molecule has 1 aromatic carbocycles. The zero-order chi connectivity index (χ0) is 16.5. The summed E-state index contributed by atoms with van der Waals surface area (Å²) in [7, 11) is 0. The Morgan fingerprint density at radius 3 is 2.83 bits per heavy atom. The summed E-state index contributed by atoms with van der Waals surface area (Å²) in [6.45, 7) is 1.19. The molecule has 2 aliphatic heterocycles. The van der Waals surface area contributed by atoms with Gasteiger partial charge in [-0.05, 0) is 31.4 Å². The quantitative estimate of drug-likeness (QED) is 0.834. The molecule has 2 fully saturated rings. The third-order valence-corrected chi connectivity index (χ3v) is 5.02. The van der Waals surface area contributed by atoms with Gasteiger partial charge in [-0.3, -0.25) is 9.59 Å². The van der Waals surface area contributed by atoms with E-state index in [0.29, 0.717) is 37.4 Å². The Bertz CT molecular complexity index is 673. The van der Waals surface area contributed by atoms with Crippen molar-refractivity contribution in [3.63, 3.8) is 0 Å². The highest BCUT2D eigenvalue weighted by Crippen LogP contribution is 2.30. The number of fused-ring (bicyclic) bond motifs is 1. The molecule has 0 spiro atoms. The van der Waals surface area contributed by atoms with Crippen molar-refractivity contribution in [3.8, 4) is 0 Å². The Hall–Kier alpha value is -2.21. The van der Waals surface area contributed by atoms with Gasteiger partial charge in [0.25, 0.3) is 5.91 Å². The fourth-order valence-electron chi connectivity index (χ4n) is 3.82. The van der Waals surface area contributed by atoms with Gasteiger partial charge in [-0.1, -0.05) is 18.2 Å². The van der Waals surface area contributed by atoms with Crippen LogP contribution in [-0.2, 0) is 14.3 Å². The first-order valence-electron chi connectivity index (χ1n) is 8.62. The predicted octanol–water partition coefficient (Wildman–Crippen LogP) is 1.95. The molecular formula is C18H21N3O3. The molecule has 3 aliphatic rings. The maximum Gasteiger partial charge on any atom is 0.270 e. The maximum absolute atomic E-state index is 13.0. The van der Waals surface area contributed by atoms with Crippen LogP contribution in [0.15, 0.2) is 35.4 Å². The van der Waals surface area contributed by atoms with Crippen molar-refractivity contribution in [3.05, 3.63) is 30.3 Å². The first kappa shape index (κ1) is 15.3. The van der Waals surface area contributed by atoms with Crippen LogP contribution in [0.3, 0.4) is 0 Å². The fourth-order valence-corrected chi connectivity index (χ4v) is 3.82. The van der Waals surface area contributed by atoms with E-state index < -0.39 is 0 Å². The van der Waals surface area contributed by atoms with Gasteiger partial charge in [0.15, 0.2) is 0 Å². The second-order valence-electron chi connectivity index (χ2n) is 6.49. The summed E-state index contributed by atoms with van der Waals surface area (Å²) in [6, 6.07) is 9.43. The number of hydrazone groups is 1. The molecule has 2 atom stereocenters. The van der Waals surface area contributed by atoms with Crippen molar-refractivity contribution in [1.29, 1.82) is 0 Å². The van der Waals surface area contributed by atoms with Crippen LogP contribution >= 0.6 is 0 Å². The molecule has 0 bridgehead atoms. The van der Waals surface area contributed by atoms with E-state index >= 15 is 0 Å². The summed E-state index contributed by atoms with van der Waals surface area (Å²) in [5.41, 5.74) is 1.18. The second kappa shape index (κ2) is 6.36. The molecule has 6 nitrogen and oxygen atoms in total. The normalized spacial score (nSPS) is 27.0. The number of ether oxygens (including phenoxy) is 1.